The first-order valence-electron chi connectivity index (χ1n) is 8.48. The molecule has 2 N–H and O–H groups in total. The minimum atomic E-state index is -0.168. The van der Waals surface area contributed by atoms with Crippen LogP contribution in [0.25, 0.3) is 5.70 Å². The summed E-state index contributed by atoms with van der Waals surface area (Å²) in [5.74, 6) is 2.08. The quantitative estimate of drug-likeness (QED) is 0.839. The summed E-state index contributed by atoms with van der Waals surface area (Å²) < 4.78 is 16.8. The third-order valence-corrected chi connectivity index (χ3v) is 4.27. The van der Waals surface area contributed by atoms with E-state index in [1.54, 1.807) is 18.4 Å². The summed E-state index contributed by atoms with van der Waals surface area (Å²) in [5, 5.41) is 6.13. The number of fused-ring (bicyclic) bond motifs is 2. The number of carbonyl (C=O) groups excluding carboxylic acids is 1. The summed E-state index contributed by atoms with van der Waals surface area (Å²) in [6.07, 6.45) is 4.93. The van der Waals surface area contributed by atoms with Crippen LogP contribution in [0.3, 0.4) is 0 Å². The lowest BCUT2D eigenvalue weighted by Gasteiger charge is -2.23. The Balaban J connectivity index is 1.55. The molecule has 1 aromatic heterocycles. The first-order valence-corrected chi connectivity index (χ1v) is 8.48. The third-order valence-electron chi connectivity index (χ3n) is 4.27. The van der Waals surface area contributed by atoms with E-state index >= 15 is 0 Å². The van der Waals surface area contributed by atoms with Crippen molar-refractivity contribution in [1.82, 2.24) is 10.6 Å². The largest absolute Gasteiger partial charge is 0.490 e. The van der Waals surface area contributed by atoms with Crippen LogP contribution in [0, 0.1) is 0 Å². The zero-order valence-electron chi connectivity index (χ0n) is 13.8. The summed E-state index contributed by atoms with van der Waals surface area (Å²) in [7, 11) is 0. The molecule has 2 aliphatic heterocycles. The van der Waals surface area contributed by atoms with Gasteiger partial charge in [0.2, 0.25) is 5.91 Å². The van der Waals surface area contributed by atoms with Gasteiger partial charge in [0.05, 0.1) is 26.0 Å². The minimum absolute atomic E-state index is 0.168. The Labute approximate surface area is 145 Å². The van der Waals surface area contributed by atoms with E-state index in [0.717, 1.165) is 53.5 Å². The van der Waals surface area contributed by atoms with E-state index < -0.39 is 0 Å². The van der Waals surface area contributed by atoms with Crippen LogP contribution < -0.4 is 20.1 Å². The number of amides is 1. The van der Waals surface area contributed by atoms with Gasteiger partial charge >= 0.3 is 0 Å². The zero-order valence-corrected chi connectivity index (χ0v) is 13.8. The van der Waals surface area contributed by atoms with Crippen molar-refractivity contribution in [3.8, 4) is 11.5 Å². The van der Waals surface area contributed by atoms with Gasteiger partial charge in [-0.1, -0.05) is 0 Å². The molecule has 1 amide bonds. The van der Waals surface area contributed by atoms with Crippen LogP contribution in [0.15, 0.2) is 41.0 Å². The molecule has 2 aromatic rings. The van der Waals surface area contributed by atoms with Gasteiger partial charge in [-0.25, -0.2) is 0 Å². The van der Waals surface area contributed by atoms with Crippen LogP contribution in [-0.4, -0.2) is 25.7 Å². The van der Waals surface area contributed by atoms with Crippen molar-refractivity contribution in [2.45, 2.75) is 19.4 Å². The Morgan fingerprint density at radius 3 is 2.88 bits per heavy atom. The van der Waals surface area contributed by atoms with Crippen molar-refractivity contribution in [1.29, 1.82) is 0 Å². The van der Waals surface area contributed by atoms with Gasteiger partial charge in [0, 0.05) is 30.3 Å². The van der Waals surface area contributed by atoms with E-state index in [1.165, 1.54) is 0 Å². The van der Waals surface area contributed by atoms with Gasteiger partial charge in [0.1, 0.15) is 5.76 Å². The monoisotopic (exact) mass is 340 g/mol. The second kappa shape index (κ2) is 6.93. The molecule has 25 heavy (non-hydrogen) atoms. The second-order valence-corrected chi connectivity index (χ2v) is 6.04. The Bertz CT molecular complexity index is 796. The van der Waals surface area contributed by atoms with Gasteiger partial charge in [-0.3, -0.25) is 4.79 Å². The molecular weight excluding hydrogens is 320 g/mol. The molecule has 0 aliphatic carbocycles. The molecule has 6 heteroatoms. The first-order chi connectivity index (χ1) is 12.3. The van der Waals surface area contributed by atoms with E-state index in [0.29, 0.717) is 19.8 Å². The van der Waals surface area contributed by atoms with Crippen molar-refractivity contribution >= 4 is 11.6 Å². The number of hydrogen-bond donors (Lipinski definition) is 2. The normalized spacial score (nSPS) is 17.4. The van der Waals surface area contributed by atoms with Crippen molar-refractivity contribution in [2.24, 2.45) is 0 Å². The van der Waals surface area contributed by atoms with E-state index in [2.05, 4.69) is 10.6 Å². The fourth-order valence-corrected chi connectivity index (χ4v) is 3.03. The average Bonchev–Trinajstić information content (AvgIpc) is 3.04. The summed E-state index contributed by atoms with van der Waals surface area (Å²) in [5.41, 5.74) is 2.95. The number of carbonyl (C=O) groups is 1. The molecular formula is C19H20N2O4. The van der Waals surface area contributed by atoms with Crippen LogP contribution in [0.5, 0.6) is 11.5 Å². The summed E-state index contributed by atoms with van der Waals surface area (Å²) in [4.78, 5) is 12.2. The topological polar surface area (TPSA) is 72.7 Å². The number of nitrogens with one attached hydrogen (secondary N) is 2. The summed E-state index contributed by atoms with van der Waals surface area (Å²) in [6.45, 7) is 2.46. The van der Waals surface area contributed by atoms with Crippen LogP contribution in [0.1, 0.15) is 23.3 Å². The van der Waals surface area contributed by atoms with Crippen molar-refractivity contribution in [3.63, 3.8) is 0 Å². The standard InChI is InChI=1S/C19H20N2O4/c22-19(21-12-14-3-1-6-23-14)11-16-15-10-18-17(24-7-2-8-25-18)9-13(15)4-5-20-16/h1,3,6,9-11,20H,2,4-5,7-8,12H2,(H,21,22)/b16-11-. The molecule has 3 heterocycles. The van der Waals surface area contributed by atoms with Gasteiger partial charge in [-0.15, -0.1) is 0 Å². The molecule has 0 saturated carbocycles. The van der Waals surface area contributed by atoms with E-state index in [-0.39, 0.29) is 5.91 Å². The lowest BCUT2D eigenvalue weighted by molar-refractivity contribution is -0.116. The molecule has 4 rings (SSSR count). The molecule has 0 spiro atoms. The van der Waals surface area contributed by atoms with Crippen molar-refractivity contribution < 1.29 is 18.7 Å². The number of benzene rings is 1. The van der Waals surface area contributed by atoms with Gasteiger partial charge in [0.25, 0.3) is 0 Å². The molecule has 0 fully saturated rings. The highest BCUT2D eigenvalue weighted by Crippen LogP contribution is 2.36. The number of hydrogen-bond acceptors (Lipinski definition) is 5. The highest BCUT2D eigenvalue weighted by molar-refractivity contribution is 5.95. The number of furan rings is 1. The van der Waals surface area contributed by atoms with Crippen LogP contribution >= 0.6 is 0 Å². The molecule has 6 nitrogen and oxygen atoms in total. The molecule has 1 aromatic carbocycles. The predicted octanol–water partition coefficient (Wildman–Crippen LogP) is 2.24. The van der Waals surface area contributed by atoms with Gasteiger partial charge in [-0.2, -0.15) is 0 Å². The highest BCUT2D eigenvalue weighted by Gasteiger charge is 2.20. The molecule has 0 unspecified atom stereocenters. The SMILES string of the molecule is O=C(/C=C1\NCCc2cc3c(cc21)OCCCO3)NCc1ccco1. The smallest absolute Gasteiger partial charge is 0.246 e. The van der Waals surface area contributed by atoms with E-state index in [9.17, 15) is 4.79 Å². The van der Waals surface area contributed by atoms with Crippen LogP contribution in [0.2, 0.25) is 0 Å². The molecule has 2 aliphatic rings. The van der Waals surface area contributed by atoms with Crippen molar-refractivity contribution in [3.05, 3.63) is 53.5 Å². The molecule has 0 saturated heterocycles. The van der Waals surface area contributed by atoms with Crippen LogP contribution in [0.4, 0.5) is 0 Å². The molecule has 0 bridgehead atoms. The highest BCUT2D eigenvalue weighted by atomic mass is 16.5. The molecule has 0 atom stereocenters. The summed E-state index contributed by atoms with van der Waals surface area (Å²) in [6, 6.07) is 7.63. The Morgan fingerprint density at radius 1 is 1.24 bits per heavy atom. The fraction of sp³-hybridized carbons (Fsp3) is 0.316. The van der Waals surface area contributed by atoms with Crippen LogP contribution in [-0.2, 0) is 17.8 Å². The van der Waals surface area contributed by atoms with Crippen molar-refractivity contribution in [2.75, 3.05) is 19.8 Å². The Hall–Kier alpha value is -2.89. The number of rotatable bonds is 3. The van der Waals surface area contributed by atoms with Gasteiger partial charge in [0.15, 0.2) is 11.5 Å². The maximum Gasteiger partial charge on any atom is 0.246 e. The first kappa shape index (κ1) is 15.6. The maximum atomic E-state index is 12.2. The van der Waals surface area contributed by atoms with Gasteiger partial charge < -0.3 is 24.5 Å². The lowest BCUT2D eigenvalue weighted by Crippen LogP contribution is -2.26. The predicted molar refractivity (Wildman–Crippen MR) is 92.3 cm³/mol. The second-order valence-electron chi connectivity index (χ2n) is 6.04. The fourth-order valence-electron chi connectivity index (χ4n) is 3.03. The van der Waals surface area contributed by atoms with Gasteiger partial charge in [-0.05, 0) is 36.2 Å². The third kappa shape index (κ3) is 3.47. The zero-order chi connectivity index (χ0) is 17.1. The minimum Gasteiger partial charge on any atom is -0.490 e. The van der Waals surface area contributed by atoms with E-state index in [1.807, 2.05) is 18.2 Å². The average molecular weight is 340 g/mol. The Morgan fingerprint density at radius 2 is 2.08 bits per heavy atom. The molecule has 130 valence electrons. The molecule has 0 radical (unpaired) electrons. The van der Waals surface area contributed by atoms with E-state index in [4.69, 9.17) is 13.9 Å². The maximum absolute atomic E-state index is 12.2. The lowest BCUT2D eigenvalue weighted by atomic mass is 9.97. The summed E-state index contributed by atoms with van der Waals surface area (Å²) >= 11 is 0. The number of ether oxygens (including phenoxy) is 2. The Kier molecular flexibility index (Phi) is 4.33.